The van der Waals surface area contributed by atoms with Crippen molar-refractivity contribution in [1.82, 2.24) is 14.5 Å². The minimum Gasteiger partial charge on any atom is -0.389 e. The van der Waals surface area contributed by atoms with Gasteiger partial charge in [0.2, 0.25) is 0 Å². The minimum atomic E-state index is -0.496. The van der Waals surface area contributed by atoms with Crippen LogP contribution in [0.4, 0.5) is 0 Å². The number of imidazole rings is 1. The second kappa shape index (κ2) is 7.92. The fourth-order valence-electron chi connectivity index (χ4n) is 3.38. The molecule has 1 N–H and O–H groups in total. The van der Waals surface area contributed by atoms with Gasteiger partial charge in [0.25, 0.3) is 0 Å². The highest BCUT2D eigenvalue weighted by Crippen LogP contribution is 2.32. The summed E-state index contributed by atoms with van der Waals surface area (Å²) < 4.78 is 8.03. The maximum atomic E-state index is 10.3. The molecule has 1 aromatic carbocycles. The van der Waals surface area contributed by atoms with Crippen LogP contribution in [0.3, 0.4) is 0 Å². The Hall–Kier alpha value is -1.69. The van der Waals surface area contributed by atoms with E-state index in [9.17, 15) is 5.11 Å². The van der Waals surface area contributed by atoms with Crippen molar-refractivity contribution in [3.63, 3.8) is 0 Å². The van der Waals surface area contributed by atoms with E-state index in [1.54, 1.807) is 6.20 Å². The zero-order valence-electron chi connectivity index (χ0n) is 14.6. The Morgan fingerprint density at radius 1 is 1.42 bits per heavy atom. The molecule has 1 aromatic heterocycles. The third-order valence-corrected chi connectivity index (χ3v) is 4.66. The number of aliphatic hydroxyl groups is 1. The maximum Gasteiger partial charge on any atom is 0.122 e. The number of aliphatic hydroxyl groups excluding tert-OH is 1. The Morgan fingerprint density at radius 2 is 2.25 bits per heavy atom. The molecule has 1 aliphatic carbocycles. The van der Waals surface area contributed by atoms with Crippen molar-refractivity contribution in [2.24, 2.45) is 7.05 Å². The average Bonchev–Trinajstić information content (AvgIpc) is 2.97. The zero-order valence-corrected chi connectivity index (χ0v) is 14.6. The molecule has 0 spiro atoms. The van der Waals surface area contributed by atoms with E-state index in [0.29, 0.717) is 19.7 Å². The SMILES string of the molecule is CN(Cc1nccn1C)CC(O)COC1CCCc2ccccc21. The number of hydrogen-bond donors (Lipinski definition) is 1. The summed E-state index contributed by atoms with van der Waals surface area (Å²) in [5.41, 5.74) is 2.67. The molecular formula is C19H27N3O2. The molecule has 2 atom stereocenters. The fraction of sp³-hybridized carbons (Fsp3) is 0.526. The fourth-order valence-corrected chi connectivity index (χ4v) is 3.38. The Morgan fingerprint density at radius 3 is 3.04 bits per heavy atom. The van der Waals surface area contributed by atoms with Gasteiger partial charge >= 0.3 is 0 Å². The van der Waals surface area contributed by atoms with Crippen molar-refractivity contribution in [2.45, 2.75) is 38.0 Å². The van der Waals surface area contributed by atoms with Gasteiger partial charge in [-0.25, -0.2) is 4.98 Å². The second-order valence-electron chi connectivity index (χ2n) is 6.72. The van der Waals surface area contributed by atoms with Crippen molar-refractivity contribution in [3.05, 3.63) is 53.6 Å². The molecule has 0 aliphatic heterocycles. The van der Waals surface area contributed by atoms with Gasteiger partial charge < -0.3 is 14.4 Å². The molecule has 0 amide bonds. The molecule has 2 unspecified atom stereocenters. The van der Waals surface area contributed by atoms with Gasteiger partial charge in [0.15, 0.2) is 0 Å². The lowest BCUT2D eigenvalue weighted by Gasteiger charge is -2.27. The summed E-state index contributed by atoms with van der Waals surface area (Å²) in [6.07, 6.45) is 6.66. The van der Waals surface area contributed by atoms with Gasteiger partial charge in [0.05, 0.1) is 25.4 Å². The number of ether oxygens (including phenoxy) is 1. The van der Waals surface area contributed by atoms with E-state index in [4.69, 9.17) is 4.74 Å². The molecular weight excluding hydrogens is 302 g/mol. The number of hydrogen-bond acceptors (Lipinski definition) is 4. The molecule has 1 heterocycles. The molecule has 0 bridgehead atoms. The number of fused-ring (bicyclic) bond motifs is 1. The second-order valence-corrected chi connectivity index (χ2v) is 6.72. The molecule has 24 heavy (non-hydrogen) atoms. The number of rotatable bonds is 7. The highest BCUT2D eigenvalue weighted by Gasteiger charge is 2.21. The number of aryl methyl sites for hydroxylation is 2. The highest BCUT2D eigenvalue weighted by molar-refractivity contribution is 5.31. The quantitative estimate of drug-likeness (QED) is 0.847. The summed E-state index contributed by atoms with van der Waals surface area (Å²) in [5.74, 6) is 0.992. The van der Waals surface area contributed by atoms with Crippen molar-refractivity contribution in [1.29, 1.82) is 0 Å². The number of benzene rings is 1. The van der Waals surface area contributed by atoms with E-state index in [-0.39, 0.29) is 6.10 Å². The Kier molecular flexibility index (Phi) is 5.66. The largest absolute Gasteiger partial charge is 0.389 e. The minimum absolute atomic E-state index is 0.115. The Labute approximate surface area is 143 Å². The van der Waals surface area contributed by atoms with E-state index in [2.05, 4.69) is 34.1 Å². The van der Waals surface area contributed by atoms with Gasteiger partial charge in [0, 0.05) is 26.0 Å². The van der Waals surface area contributed by atoms with Crippen LogP contribution in [0, 0.1) is 0 Å². The van der Waals surface area contributed by atoms with Gasteiger partial charge in [-0.15, -0.1) is 0 Å². The first-order chi connectivity index (χ1) is 11.6. The molecule has 5 heteroatoms. The van der Waals surface area contributed by atoms with Crippen LogP contribution in [0.5, 0.6) is 0 Å². The summed E-state index contributed by atoms with van der Waals surface area (Å²) in [6, 6.07) is 8.49. The van der Waals surface area contributed by atoms with Crippen molar-refractivity contribution in [3.8, 4) is 0 Å². The van der Waals surface area contributed by atoms with Gasteiger partial charge in [-0.05, 0) is 37.4 Å². The molecule has 130 valence electrons. The molecule has 3 rings (SSSR count). The maximum absolute atomic E-state index is 10.3. The van der Waals surface area contributed by atoms with Crippen LogP contribution in [-0.2, 0) is 24.8 Å². The van der Waals surface area contributed by atoms with Gasteiger partial charge in [0.1, 0.15) is 5.82 Å². The van der Waals surface area contributed by atoms with Gasteiger partial charge in [-0.3, -0.25) is 4.90 Å². The number of likely N-dealkylation sites (N-methyl/N-ethyl adjacent to an activating group) is 1. The van der Waals surface area contributed by atoms with Crippen molar-refractivity contribution in [2.75, 3.05) is 20.2 Å². The van der Waals surface area contributed by atoms with Crippen LogP contribution in [0.2, 0.25) is 0 Å². The molecule has 0 fully saturated rings. The van der Waals surface area contributed by atoms with Gasteiger partial charge in [-0.1, -0.05) is 24.3 Å². The lowest BCUT2D eigenvalue weighted by Crippen LogP contribution is -2.33. The standard InChI is InChI=1S/C19H27N3O2/c1-21(13-19-20-10-11-22(19)2)12-16(23)14-24-18-9-5-7-15-6-3-4-8-17(15)18/h3-4,6,8,10-11,16,18,23H,5,7,9,12-14H2,1-2H3. The number of nitrogens with zero attached hydrogens (tertiary/aromatic N) is 3. The van der Waals surface area contributed by atoms with E-state index >= 15 is 0 Å². The molecule has 2 aromatic rings. The molecule has 5 nitrogen and oxygen atoms in total. The molecule has 0 saturated carbocycles. The Bertz CT molecular complexity index is 656. The zero-order chi connectivity index (χ0) is 16.9. The third kappa shape index (κ3) is 4.23. The summed E-state index contributed by atoms with van der Waals surface area (Å²) in [4.78, 5) is 6.39. The first-order valence-corrected chi connectivity index (χ1v) is 8.65. The van der Waals surface area contributed by atoms with E-state index in [1.807, 2.05) is 24.9 Å². The lowest BCUT2D eigenvalue weighted by atomic mass is 9.89. The van der Waals surface area contributed by atoms with Crippen molar-refractivity contribution < 1.29 is 9.84 Å². The van der Waals surface area contributed by atoms with Gasteiger partial charge in [-0.2, -0.15) is 0 Å². The lowest BCUT2D eigenvalue weighted by molar-refractivity contribution is -0.0268. The summed E-state index contributed by atoms with van der Waals surface area (Å²) in [7, 11) is 3.98. The monoisotopic (exact) mass is 329 g/mol. The summed E-state index contributed by atoms with van der Waals surface area (Å²) >= 11 is 0. The Balaban J connectivity index is 1.48. The predicted octanol–water partition coefficient (Wildman–Crippen LogP) is 2.31. The summed E-state index contributed by atoms with van der Waals surface area (Å²) in [6.45, 7) is 1.65. The van der Waals surface area contributed by atoms with Crippen LogP contribution in [0.25, 0.3) is 0 Å². The third-order valence-electron chi connectivity index (χ3n) is 4.66. The number of aromatic nitrogens is 2. The molecule has 1 aliphatic rings. The van der Waals surface area contributed by atoms with Crippen molar-refractivity contribution >= 4 is 0 Å². The van der Waals surface area contributed by atoms with E-state index in [0.717, 1.165) is 25.1 Å². The highest BCUT2D eigenvalue weighted by atomic mass is 16.5. The smallest absolute Gasteiger partial charge is 0.122 e. The predicted molar refractivity (Wildman–Crippen MR) is 93.6 cm³/mol. The first kappa shape index (κ1) is 17.1. The van der Waals surface area contributed by atoms with Crippen LogP contribution in [0.15, 0.2) is 36.7 Å². The van der Waals surface area contributed by atoms with Crippen LogP contribution in [0.1, 0.15) is 35.9 Å². The van der Waals surface area contributed by atoms with E-state index in [1.165, 1.54) is 11.1 Å². The summed E-state index contributed by atoms with van der Waals surface area (Å²) in [5, 5.41) is 10.3. The molecule has 0 radical (unpaired) electrons. The van der Waals surface area contributed by atoms with Crippen LogP contribution in [-0.4, -0.2) is 45.9 Å². The van der Waals surface area contributed by atoms with Crippen LogP contribution < -0.4 is 0 Å². The first-order valence-electron chi connectivity index (χ1n) is 8.65. The average molecular weight is 329 g/mol. The normalized spacial score (nSPS) is 18.6. The van der Waals surface area contributed by atoms with E-state index < -0.39 is 6.10 Å². The molecule has 0 saturated heterocycles. The topological polar surface area (TPSA) is 50.5 Å². The van der Waals surface area contributed by atoms with Crippen LogP contribution >= 0.6 is 0 Å².